The maximum Gasteiger partial charge on any atom is 0.271 e. The Morgan fingerprint density at radius 2 is 2.00 bits per heavy atom. The highest BCUT2D eigenvalue weighted by Crippen LogP contribution is 2.55. The summed E-state index contributed by atoms with van der Waals surface area (Å²) < 4.78 is 7.02. The number of nitrogens with zero attached hydrogens (tertiary/aromatic N) is 2. The minimum Gasteiger partial charge on any atom is -0.508 e. The molecule has 0 radical (unpaired) electrons. The minimum atomic E-state index is -0.811. The molecule has 2 aromatic carbocycles. The number of aromatic hydroxyl groups is 1. The number of nitro benzene ring substituents is 1. The summed E-state index contributed by atoms with van der Waals surface area (Å²) in [5, 5.41) is 21.0. The minimum absolute atomic E-state index is 0.00655. The number of anilines is 1. The fraction of sp³-hybridized carbons (Fsp3) is 0.263. The molecule has 0 bridgehead atoms. The fourth-order valence-corrected chi connectivity index (χ4v) is 4.50. The first-order chi connectivity index (χ1) is 12.2. The van der Waals surface area contributed by atoms with Gasteiger partial charge < -0.3 is 14.7 Å². The van der Waals surface area contributed by atoms with Crippen LogP contribution >= 0.6 is 15.9 Å². The van der Waals surface area contributed by atoms with Gasteiger partial charge in [0.2, 0.25) is 5.72 Å². The lowest BCUT2D eigenvalue weighted by Crippen LogP contribution is -2.58. The van der Waals surface area contributed by atoms with Crippen LogP contribution < -0.4 is 9.64 Å². The van der Waals surface area contributed by atoms with E-state index in [4.69, 9.17) is 4.74 Å². The molecule has 7 heteroatoms. The van der Waals surface area contributed by atoms with E-state index < -0.39 is 16.1 Å². The van der Waals surface area contributed by atoms with Gasteiger partial charge in [-0.3, -0.25) is 10.1 Å². The van der Waals surface area contributed by atoms with Crippen LogP contribution in [0.2, 0.25) is 0 Å². The molecule has 6 nitrogen and oxygen atoms in total. The van der Waals surface area contributed by atoms with Crippen LogP contribution in [0.15, 0.2) is 40.9 Å². The van der Waals surface area contributed by atoms with Gasteiger partial charge >= 0.3 is 0 Å². The van der Waals surface area contributed by atoms with Crippen LogP contribution in [0.3, 0.4) is 0 Å². The molecule has 134 valence electrons. The van der Waals surface area contributed by atoms with Crippen molar-refractivity contribution in [1.82, 2.24) is 0 Å². The summed E-state index contributed by atoms with van der Waals surface area (Å²) in [6, 6.07) is 8.25. The van der Waals surface area contributed by atoms with Gasteiger partial charge in [0, 0.05) is 30.4 Å². The van der Waals surface area contributed by atoms with Gasteiger partial charge in [-0.15, -0.1) is 0 Å². The van der Waals surface area contributed by atoms with Crippen molar-refractivity contribution >= 4 is 33.4 Å². The van der Waals surface area contributed by atoms with Crippen molar-refractivity contribution < 1.29 is 14.8 Å². The van der Waals surface area contributed by atoms with Gasteiger partial charge in [-0.2, -0.15) is 0 Å². The lowest BCUT2D eigenvalue weighted by molar-refractivity contribution is -0.385. The van der Waals surface area contributed by atoms with Crippen LogP contribution in [0, 0.1) is 10.1 Å². The smallest absolute Gasteiger partial charge is 0.271 e. The Morgan fingerprint density at radius 1 is 1.27 bits per heavy atom. The number of hydrogen-bond donors (Lipinski definition) is 1. The van der Waals surface area contributed by atoms with Gasteiger partial charge in [0.1, 0.15) is 11.5 Å². The number of phenolic OH excluding ortho intramolecular Hbond substituents is 1. The molecule has 0 fully saturated rings. The van der Waals surface area contributed by atoms with Crippen LogP contribution in [0.5, 0.6) is 11.5 Å². The van der Waals surface area contributed by atoms with Crippen molar-refractivity contribution in [1.29, 1.82) is 0 Å². The second-order valence-electron chi connectivity index (χ2n) is 7.12. The Balaban J connectivity index is 1.88. The first kappa shape index (κ1) is 16.9. The third kappa shape index (κ3) is 2.03. The van der Waals surface area contributed by atoms with Crippen LogP contribution in [-0.2, 0) is 5.41 Å². The quantitative estimate of drug-likeness (QED) is 0.543. The predicted octanol–water partition coefficient (Wildman–Crippen LogP) is 4.59. The van der Waals surface area contributed by atoms with Crippen molar-refractivity contribution in [3.05, 3.63) is 62.1 Å². The van der Waals surface area contributed by atoms with Crippen LogP contribution in [0.25, 0.3) is 6.08 Å². The fourth-order valence-electron chi connectivity index (χ4n) is 3.95. The maximum absolute atomic E-state index is 11.1. The molecule has 0 saturated carbocycles. The molecule has 1 spiro atoms. The number of fused-ring (bicyclic) bond motifs is 2. The number of phenols is 1. The molecular weight excluding hydrogens is 400 g/mol. The number of nitro groups is 1. The molecule has 1 atom stereocenters. The third-order valence-electron chi connectivity index (χ3n) is 5.42. The van der Waals surface area contributed by atoms with Crippen molar-refractivity contribution in [2.75, 3.05) is 11.9 Å². The van der Waals surface area contributed by atoms with E-state index in [1.165, 1.54) is 12.1 Å². The Kier molecular flexibility index (Phi) is 3.40. The first-order valence-corrected chi connectivity index (χ1v) is 8.90. The summed E-state index contributed by atoms with van der Waals surface area (Å²) in [6.07, 6.45) is 3.79. The number of benzene rings is 2. The second kappa shape index (κ2) is 5.23. The highest BCUT2D eigenvalue weighted by Gasteiger charge is 2.58. The van der Waals surface area contributed by atoms with Gasteiger partial charge in [0.25, 0.3) is 5.69 Å². The first-order valence-electron chi connectivity index (χ1n) is 8.11. The van der Waals surface area contributed by atoms with E-state index in [9.17, 15) is 15.2 Å². The van der Waals surface area contributed by atoms with Crippen LogP contribution in [-0.4, -0.2) is 22.8 Å². The molecule has 0 aromatic heterocycles. The molecule has 4 rings (SSSR count). The molecule has 1 N–H and O–H groups in total. The van der Waals surface area contributed by atoms with E-state index in [0.717, 1.165) is 11.3 Å². The standard InChI is InChI=1S/C19H17BrN2O4/c1-18(2)14-10-13(23)4-5-16(14)21(3)19(18)7-6-11-8-12(22(24)25)9-15(20)17(11)26-19/h4-10,23H,1-3H3. The van der Waals surface area contributed by atoms with Gasteiger partial charge in [-0.05, 0) is 65.7 Å². The van der Waals surface area contributed by atoms with Gasteiger partial charge in [0.15, 0.2) is 0 Å². The van der Waals surface area contributed by atoms with Crippen molar-refractivity contribution in [3.63, 3.8) is 0 Å². The molecule has 0 aliphatic carbocycles. The molecule has 2 aliphatic rings. The van der Waals surface area contributed by atoms with E-state index in [1.54, 1.807) is 12.1 Å². The molecular formula is C19H17BrN2O4. The summed E-state index contributed by atoms with van der Waals surface area (Å²) in [5.74, 6) is 0.773. The second-order valence-corrected chi connectivity index (χ2v) is 7.97. The lowest BCUT2D eigenvalue weighted by atomic mass is 9.76. The summed E-state index contributed by atoms with van der Waals surface area (Å²) in [5.41, 5.74) is 1.33. The van der Waals surface area contributed by atoms with Crippen LogP contribution in [0.4, 0.5) is 11.4 Å². The number of ether oxygens (including phenoxy) is 1. The van der Waals surface area contributed by atoms with E-state index in [0.29, 0.717) is 15.8 Å². The normalized spacial score (nSPS) is 22.1. The number of rotatable bonds is 1. The molecule has 2 aliphatic heterocycles. The Labute approximate surface area is 159 Å². The lowest BCUT2D eigenvalue weighted by Gasteiger charge is -2.46. The number of halogens is 1. The zero-order valence-corrected chi connectivity index (χ0v) is 16.1. The van der Waals surface area contributed by atoms with E-state index in [-0.39, 0.29) is 11.4 Å². The number of non-ortho nitro benzene ring substituents is 1. The largest absolute Gasteiger partial charge is 0.508 e. The van der Waals surface area contributed by atoms with Crippen LogP contribution in [0.1, 0.15) is 25.0 Å². The number of likely N-dealkylation sites (N-methyl/N-ethyl adjacent to an activating group) is 1. The zero-order chi connectivity index (χ0) is 18.9. The molecule has 2 aromatic rings. The van der Waals surface area contributed by atoms with Gasteiger partial charge in [0.05, 0.1) is 14.8 Å². The average molecular weight is 417 g/mol. The Bertz CT molecular complexity index is 986. The highest BCUT2D eigenvalue weighted by atomic mass is 79.9. The van der Waals surface area contributed by atoms with Crippen molar-refractivity contribution in [3.8, 4) is 11.5 Å². The Morgan fingerprint density at radius 3 is 2.69 bits per heavy atom. The molecule has 0 saturated heterocycles. The molecule has 26 heavy (non-hydrogen) atoms. The highest BCUT2D eigenvalue weighted by molar-refractivity contribution is 9.10. The monoisotopic (exact) mass is 416 g/mol. The Hall–Kier alpha value is -2.54. The summed E-state index contributed by atoms with van der Waals surface area (Å²) in [6.45, 7) is 4.12. The summed E-state index contributed by atoms with van der Waals surface area (Å²) in [4.78, 5) is 12.7. The SMILES string of the molecule is CN1c2ccc(O)cc2C(C)(C)C12C=Cc1cc([N+](=O)[O-])cc(Br)c1O2. The predicted molar refractivity (Wildman–Crippen MR) is 103 cm³/mol. The molecule has 2 heterocycles. The molecule has 1 unspecified atom stereocenters. The van der Waals surface area contributed by atoms with E-state index in [2.05, 4.69) is 29.8 Å². The van der Waals surface area contributed by atoms with Gasteiger partial charge in [-0.25, -0.2) is 0 Å². The topological polar surface area (TPSA) is 75.8 Å². The van der Waals surface area contributed by atoms with Crippen molar-refractivity contribution in [2.24, 2.45) is 0 Å². The maximum atomic E-state index is 11.1. The number of hydrogen-bond acceptors (Lipinski definition) is 5. The summed E-state index contributed by atoms with van der Waals surface area (Å²) in [7, 11) is 1.94. The van der Waals surface area contributed by atoms with E-state index >= 15 is 0 Å². The molecule has 0 amide bonds. The zero-order valence-electron chi connectivity index (χ0n) is 14.5. The summed E-state index contributed by atoms with van der Waals surface area (Å²) >= 11 is 3.41. The average Bonchev–Trinajstić information content (AvgIpc) is 2.74. The van der Waals surface area contributed by atoms with Crippen molar-refractivity contribution in [2.45, 2.75) is 25.0 Å². The van der Waals surface area contributed by atoms with Gasteiger partial charge in [-0.1, -0.05) is 0 Å². The third-order valence-corrected chi connectivity index (χ3v) is 6.01. The van der Waals surface area contributed by atoms with E-state index in [1.807, 2.05) is 30.2 Å².